The van der Waals surface area contributed by atoms with Gasteiger partial charge < -0.3 is 5.73 Å². The van der Waals surface area contributed by atoms with Gasteiger partial charge in [-0.3, -0.25) is 4.90 Å². The van der Waals surface area contributed by atoms with Crippen molar-refractivity contribution in [2.24, 2.45) is 11.7 Å². The van der Waals surface area contributed by atoms with Gasteiger partial charge >= 0.3 is 0 Å². The SMILES string of the molecule is C#CCCN1CCC(C)CC1CN. The summed E-state index contributed by atoms with van der Waals surface area (Å²) in [7, 11) is 0. The number of likely N-dealkylation sites (tertiary alicyclic amines) is 1. The molecule has 2 unspecified atom stereocenters. The smallest absolute Gasteiger partial charge is 0.0221 e. The van der Waals surface area contributed by atoms with Gasteiger partial charge in [0.05, 0.1) is 0 Å². The number of terminal acetylenes is 1. The predicted octanol–water partition coefficient (Wildman–Crippen LogP) is 1.07. The zero-order valence-corrected chi connectivity index (χ0v) is 8.50. The maximum absolute atomic E-state index is 5.73. The Morgan fingerprint density at radius 2 is 2.38 bits per heavy atom. The van der Waals surface area contributed by atoms with Crippen LogP contribution in [-0.2, 0) is 0 Å². The van der Waals surface area contributed by atoms with Crippen molar-refractivity contribution in [3.8, 4) is 12.3 Å². The molecule has 0 aromatic heterocycles. The van der Waals surface area contributed by atoms with E-state index in [2.05, 4.69) is 17.7 Å². The topological polar surface area (TPSA) is 29.3 Å². The van der Waals surface area contributed by atoms with E-state index in [0.717, 1.165) is 25.4 Å². The summed E-state index contributed by atoms with van der Waals surface area (Å²) in [5, 5.41) is 0. The molecule has 74 valence electrons. The van der Waals surface area contributed by atoms with Crippen molar-refractivity contribution in [3.05, 3.63) is 0 Å². The van der Waals surface area contributed by atoms with Gasteiger partial charge in [-0.1, -0.05) is 6.92 Å². The number of hydrogen-bond donors (Lipinski definition) is 1. The van der Waals surface area contributed by atoms with E-state index in [4.69, 9.17) is 12.2 Å². The minimum absolute atomic E-state index is 0.567. The second-order valence-corrected chi connectivity index (χ2v) is 4.01. The van der Waals surface area contributed by atoms with Gasteiger partial charge in [-0.15, -0.1) is 12.3 Å². The van der Waals surface area contributed by atoms with E-state index in [-0.39, 0.29) is 0 Å². The van der Waals surface area contributed by atoms with Crippen LogP contribution in [0, 0.1) is 18.3 Å². The van der Waals surface area contributed by atoms with Crippen molar-refractivity contribution < 1.29 is 0 Å². The van der Waals surface area contributed by atoms with Crippen LogP contribution in [0.4, 0.5) is 0 Å². The van der Waals surface area contributed by atoms with Crippen LogP contribution in [0.1, 0.15) is 26.2 Å². The molecular weight excluding hydrogens is 160 g/mol. The van der Waals surface area contributed by atoms with Crippen molar-refractivity contribution in [1.29, 1.82) is 0 Å². The standard InChI is InChI=1S/C11H20N2/c1-3-4-6-13-7-5-10(2)8-11(13)9-12/h1,10-11H,4-9,12H2,2H3. The van der Waals surface area contributed by atoms with Crippen LogP contribution >= 0.6 is 0 Å². The Hall–Kier alpha value is -0.520. The minimum Gasteiger partial charge on any atom is -0.329 e. The van der Waals surface area contributed by atoms with Gasteiger partial charge in [0.1, 0.15) is 0 Å². The fourth-order valence-corrected chi connectivity index (χ4v) is 2.05. The maximum Gasteiger partial charge on any atom is 0.0221 e. The lowest BCUT2D eigenvalue weighted by Gasteiger charge is -2.37. The average molecular weight is 180 g/mol. The third kappa shape index (κ3) is 3.02. The number of nitrogens with zero attached hydrogens (tertiary/aromatic N) is 1. The van der Waals surface area contributed by atoms with Crippen molar-refractivity contribution in [3.63, 3.8) is 0 Å². The van der Waals surface area contributed by atoms with Crippen LogP contribution in [0.3, 0.4) is 0 Å². The highest BCUT2D eigenvalue weighted by molar-refractivity contribution is 4.88. The van der Waals surface area contributed by atoms with Gasteiger partial charge in [-0.2, -0.15) is 0 Å². The van der Waals surface area contributed by atoms with Crippen molar-refractivity contribution in [2.75, 3.05) is 19.6 Å². The predicted molar refractivity (Wildman–Crippen MR) is 56.3 cm³/mol. The van der Waals surface area contributed by atoms with E-state index in [1.807, 2.05) is 0 Å². The summed E-state index contributed by atoms with van der Waals surface area (Å²) in [6.45, 7) is 5.27. The Balaban J connectivity index is 2.39. The molecule has 0 spiro atoms. The molecule has 2 heteroatoms. The molecule has 13 heavy (non-hydrogen) atoms. The van der Waals surface area contributed by atoms with Gasteiger partial charge in [-0.05, 0) is 25.3 Å². The lowest BCUT2D eigenvalue weighted by atomic mass is 9.92. The van der Waals surface area contributed by atoms with Crippen molar-refractivity contribution in [1.82, 2.24) is 4.90 Å². The zero-order valence-electron chi connectivity index (χ0n) is 8.50. The molecule has 0 saturated carbocycles. The molecule has 0 aliphatic carbocycles. The Bertz CT molecular complexity index is 183. The molecule has 1 aliphatic heterocycles. The van der Waals surface area contributed by atoms with Gasteiger partial charge in [0, 0.05) is 25.6 Å². The lowest BCUT2D eigenvalue weighted by Crippen LogP contribution is -2.46. The highest BCUT2D eigenvalue weighted by atomic mass is 15.2. The Kier molecular flexibility index (Phi) is 4.27. The third-order valence-electron chi connectivity index (χ3n) is 2.92. The highest BCUT2D eigenvalue weighted by Crippen LogP contribution is 2.21. The summed E-state index contributed by atoms with van der Waals surface area (Å²) >= 11 is 0. The maximum atomic E-state index is 5.73. The Morgan fingerprint density at radius 3 is 3.00 bits per heavy atom. The summed E-state index contributed by atoms with van der Waals surface area (Å²) in [5.74, 6) is 3.52. The summed E-state index contributed by atoms with van der Waals surface area (Å²) < 4.78 is 0. The summed E-state index contributed by atoms with van der Waals surface area (Å²) in [6.07, 6.45) is 8.63. The quantitative estimate of drug-likeness (QED) is 0.658. The molecule has 1 heterocycles. The van der Waals surface area contributed by atoms with Gasteiger partial charge in [-0.25, -0.2) is 0 Å². The van der Waals surface area contributed by atoms with Crippen LogP contribution in [0.5, 0.6) is 0 Å². The zero-order chi connectivity index (χ0) is 9.68. The van der Waals surface area contributed by atoms with Crippen molar-refractivity contribution >= 4 is 0 Å². The molecule has 1 fully saturated rings. The first-order valence-electron chi connectivity index (χ1n) is 5.15. The van der Waals surface area contributed by atoms with Crippen LogP contribution in [-0.4, -0.2) is 30.6 Å². The second kappa shape index (κ2) is 5.26. The van der Waals surface area contributed by atoms with Crippen LogP contribution in [0.15, 0.2) is 0 Å². The van der Waals surface area contributed by atoms with Crippen LogP contribution < -0.4 is 5.73 Å². The molecule has 0 aromatic carbocycles. The molecule has 1 aliphatic rings. The van der Waals surface area contributed by atoms with Crippen molar-refractivity contribution in [2.45, 2.75) is 32.2 Å². The van der Waals surface area contributed by atoms with E-state index >= 15 is 0 Å². The number of nitrogens with two attached hydrogens (primary N) is 1. The van der Waals surface area contributed by atoms with E-state index in [0.29, 0.717) is 6.04 Å². The van der Waals surface area contributed by atoms with E-state index < -0.39 is 0 Å². The largest absolute Gasteiger partial charge is 0.329 e. The normalized spacial score (nSPS) is 29.9. The summed E-state index contributed by atoms with van der Waals surface area (Å²) in [5.41, 5.74) is 5.73. The molecule has 1 saturated heterocycles. The first-order valence-corrected chi connectivity index (χ1v) is 5.15. The number of rotatable bonds is 3. The highest BCUT2D eigenvalue weighted by Gasteiger charge is 2.24. The van der Waals surface area contributed by atoms with E-state index in [1.54, 1.807) is 0 Å². The van der Waals surface area contributed by atoms with E-state index in [1.165, 1.54) is 19.4 Å². The third-order valence-corrected chi connectivity index (χ3v) is 2.92. The molecule has 0 radical (unpaired) electrons. The molecule has 1 rings (SSSR count). The molecule has 2 nitrogen and oxygen atoms in total. The Labute approximate surface area is 81.5 Å². The summed E-state index contributed by atoms with van der Waals surface area (Å²) in [4.78, 5) is 2.44. The molecule has 0 bridgehead atoms. The second-order valence-electron chi connectivity index (χ2n) is 4.01. The minimum atomic E-state index is 0.567. The first-order chi connectivity index (χ1) is 6.27. The number of hydrogen-bond acceptors (Lipinski definition) is 2. The fourth-order valence-electron chi connectivity index (χ4n) is 2.05. The van der Waals surface area contributed by atoms with E-state index in [9.17, 15) is 0 Å². The van der Waals surface area contributed by atoms with Crippen LogP contribution in [0.2, 0.25) is 0 Å². The number of piperidine rings is 1. The molecule has 0 amide bonds. The van der Waals surface area contributed by atoms with Gasteiger partial charge in [0.25, 0.3) is 0 Å². The monoisotopic (exact) mass is 180 g/mol. The van der Waals surface area contributed by atoms with Gasteiger partial charge in [0.15, 0.2) is 0 Å². The van der Waals surface area contributed by atoms with Gasteiger partial charge in [0.2, 0.25) is 0 Å². The molecule has 2 atom stereocenters. The fraction of sp³-hybridized carbons (Fsp3) is 0.818. The van der Waals surface area contributed by atoms with Crippen LogP contribution in [0.25, 0.3) is 0 Å². The lowest BCUT2D eigenvalue weighted by molar-refractivity contribution is 0.125. The summed E-state index contributed by atoms with van der Waals surface area (Å²) in [6, 6.07) is 0.567. The Morgan fingerprint density at radius 1 is 1.62 bits per heavy atom. The molecule has 2 N–H and O–H groups in total. The first kappa shape index (κ1) is 10.6. The molecular formula is C11H20N2. The molecule has 0 aromatic rings. The average Bonchev–Trinajstić information content (AvgIpc) is 2.16.